The van der Waals surface area contributed by atoms with Crippen LogP contribution in [0, 0.1) is 0 Å². The van der Waals surface area contributed by atoms with Gasteiger partial charge < -0.3 is 14.8 Å². The fourth-order valence-corrected chi connectivity index (χ4v) is 3.35. The van der Waals surface area contributed by atoms with Gasteiger partial charge in [-0.25, -0.2) is 0 Å². The zero-order valence-corrected chi connectivity index (χ0v) is 15.7. The van der Waals surface area contributed by atoms with Crippen molar-refractivity contribution in [3.63, 3.8) is 0 Å². The number of rotatable bonds is 7. The number of thioether (sulfide) groups is 1. The Labute approximate surface area is 156 Å². The number of fused-ring (bicyclic) bond motifs is 1. The van der Waals surface area contributed by atoms with E-state index in [0.29, 0.717) is 29.9 Å². The second-order valence-electron chi connectivity index (χ2n) is 6.12. The molecule has 3 rings (SSSR count). The van der Waals surface area contributed by atoms with Crippen molar-refractivity contribution in [1.82, 2.24) is 20.1 Å². The van der Waals surface area contributed by atoms with Gasteiger partial charge in [0.1, 0.15) is 6.61 Å². The Morgan fingerprint density at radius 2 is 2.19 bits per heavy atom. The molecule has 1 aromatic heterocycles. The molecule has 138 valence electrons. The summed E-state index contributed by atoms with van der Waals surface area (Å²) in [5.41, 5.74) is 0. The summed E-state index contributed by atoms with van der Waals surface area (Å²) in [5.74, 6) is 2.30. The highest BCUT2D eigenvalue weighted by Gasteiger charge is 2.28. The van der Waals surface area contributed by atoms with Crippen LogP contribution in [0.2, 0.25) is 0 Å². The van der Waals surface area contributed by atoms with Gasteiger partial charge in [-0.05, 0) is 26.0 Å². The maximum Gasteiger partial charge on any atom is 0.230 e. The molecule has 1 atom stereocenters. The lowest BCUT2D eigenvalue weighted by Crippen LogP contribution is -2.31. The molecule has 0 unspecified atom stereocenters. The van der Waals surface area contributed by atoms with Crippen LogP contribution < -0.4 is 14.8 Å². The van der Waals surface area contributed by atoms with Crippen LogP contribution >= 0.6 is 11.8 Å². The van der Waals surface area contributed by atoms with E-state index in [0.717, 1.165) is 5.75 Å². The summed E-state index contributed by atoms with van der Waals surface area (Å²) in [6, 6.07) is 7.64. The number of carbonyl (C=O) groups excluding carboxylic acids is 1. The number of hydrogen-bond donors (Lipinski definition) is 1. The first-order valence-corrected chi connectivity index (χ1v) is 9.41. The topological polar surface area (TPSA) is 78.3 Å². The molecule has 2 heterocycles. The molecule has 1 aromatic carbocycles. The van der Waals surface area contributed by atoms with Gasteiger partial charge in [0.25, 0.3) is 0 Å². The molecule has 0 spiro atoms. The van der Waals surface area contributed by atoms with Gasteiger partial charge in [0.05, 0.1) is 5.75 Å². The third-order valence-corrected chi connectivity index (χ3v) is 4.60. The maximum atomic E-state index is 11.9. The lowest BCUT2D eigenvalue weighted by molar-refractivity contribution is -0.119. The Morgan fingerprint density at radius 1 is 1.42 bits per heavy atom. The molecule has 8 heteroatoms. The van der Waals surface area contributed by atoms with Crippen molar-refractivity contribution in [2.24, 2.45) is 0 Å². The fraction of sp³-hybridized carbons (Fsp3) is 0.389. The fourth-order valence-electron chi connectivity index (χ4n) is 2.59. The third kappa shape index (κ3) is 4.19. The minimum absolute atomic E-state index is 0.0362. The van der Waals surface area contributed by atoms with E-state index < -0.39 is 0 Å². The number of carbonyl (C=O) groups is 1. The van der Waals surface area contributed by atoms with Gasteiger partial charge in [-0.15, -0.1) is 16.8 Å². The van der Waals surface area contributed by atoms with Crippen LogP contribution in [0.25, 0.3) is 0 Å². The minimum Gasteiger partial charge on any atom is -0.485 e. The van der Waals surface area contributed by atoms with Crippen LogP contribution in [0.15, 0.2) is 42.1 Å². The molecule has 26 heavy (non-hydrogen) atoms. The van der Waals surface area contributed by atoms with Gasteiger partial charge >= 0.3 is 0 Å². The average molecular weight is 374 g/mol. The maximum absolute atomic E-state index is 11.9. The molecule has 0 bridgehead atoms. The van der Waals surface area contributed by atoms with Gasteiger partial charge in [-0.1, -0.05) is 30.0 Å². The van der Waals surface area contributed by atoms with E-state index >= 15 is 0 Å². The van der Waals surface area contributed by atoms with E-state index in [1.807, 2.05) is 42.7 Å². The zero-order chi connectivity index (χ0) is 18.5. The van der Waals surface area contributed by atoms with Crippen molar-refractivity contribution in [3.8, 4) is 11.5 Å². The number of aromatic nitrogens is 3. The van der Waals surface area contributed by atoms with E-state index in [9.17, 15) is 4.79 Å². The number of benzene rings is 1. The minimum atomic E-state index is -0.365. The molecule has 0 saturated carbocycles. The monoisotopic (exact) mass is 374 g/mol. The smallest absolute Gasteiger partial charge is 0.230 e. The second-order valence-corrected chi connectivity index (χ2v) is 7.06. The van der Waals surface area contributed by atoms with Crippen molar-refractivity contribution >= 4 is 17.7 Å². The molecule has 0 radical (unpaired) electrons. The second kappa shape index (κ2) is 8.27. The first kappa shape index (κ1) is 18.3. The molecular formula is C18H22N4O3S. The quantitative estimate of drug-likeness (QED) is 0.593. The number of nitrogens with zero attached hydrogens (tertiary/aromatic N) is 3. The Balaban J connectivity index is 1.75. The number of ether oxygens (including phenoxy) is 2. The summed E-state index contributed by atoms with van der Waals surface area (Å²) < 4.78 is 13.7. The molecule has 1 aliphatic rings. The molecule has 0 aliphatic carbocycles. The Hall–Kier alpha value is -2.48. The molecular weight excluding hydrogens is 352 g/mol. The Kier molecular flexibility index (Phi) is 5.82. The number of nitrogens with one attached hydrogen (secondary N) is 1. The number of para-hydroxylation sites is 2. The summed E-state index contributed by atoms with van der Waals surface area (Å²) in [6.45, 7) is 8.53. The van der Waals surface area contributed by atoms with Crippen LogP contribution in [-0.4, -0.2) is 39.1 Å². The van der Waals surface area contributed by atoms with Gasteiger partial charge in [0.2, 0.25) is 5.91 Å². The molecule has 1 amide bonds. The van der Waals surface area contributed by atoms with Crippen LogP contribution in [0.4, 0.5) is 0 Å². The molecule has 0 saturated heterocycles. The first-order chi connectivity index (χ1) is 12.6. The summed E-state index contributed by atoms with van der Waals surface area (Å²) in [6.07, 6.45) is 1.40. The first-order valence-electron chi connectivity index (χ1n) is 8.43. The lowest BCUT2D eigenvalue weighted by atomic mass is 10.2. The van der Waals surface area contributed by atoms with Gasteiger partial charge in [-0.3, -0.25) is 9.36 Å². The summed E-state index contributed by atoms with van der Waals surface area (Å²) in [5, 5.41) is 12.0. The van der Waals surface area contributed by atoms with Gasteiger partial charge in [-0.2, -0.15) is 0 Å². The van der Waals surface area contributed by atoms with Crippen LogP contribution in [-0.2, 0) is 11.3 Å². The van der Waals surface area contributed by atoms with E-state index in [1.54, 1.807) is 6.08 Å². The van der Waals surface area contributed by atoms with E-state index in [2.05, 4.69) is 22.1 Å². The SMILES string of the molecule is C=CCn1c(SCC(=O)NC(C)C)nnc1[C@H]1COc2ccccc2O1. The van der Waals surface area contributed by atoms with Crippen LogP contribution in [0.5, 0.6) is 11.5 Å². The highest BCUT2D eigenvalue weighted by atomic mass is 32.2. The van der Waals surface area contributed by atoms with Crippen molar-refractivity contribution in [2.75, 3.05) is 12.4 Å². The lowest BCUT2D eigenvalue weighted by Gasteiger charge is -2.26. The van der Waals surface area contributed by atoms with E-state index in [4.69, 9.17) is 9.47 Å². The normalized spacial score (nSPS) is 15.7. The third-order valence-electron chi connectivity index (χ3n) is 3.64. The highest BCUT2D eigenvalue weighted by molar-refractivity contribution is 7.99. The Bertz CT molecular complexity index is 790. The summed E-state index contributed by atoms with van der Waals surface area (Å²) in [7, 11) is 0. The molecule has 1 N–H and O–H groups in total. The van der Waals surface area contributed by atoms with Crippen LogP contribution in [0.1, 0.15) is 25.8 Å². The van der Waals surface area contributed by atoms with Gasteiger partial charge in [0.15, 0.2) is 28.6 Å². The van der Waals surface area contributed by atoms with E-state index in [-0.39, 0.29) is 23.8 Å². The van der Waals surface area contributed by atoms with Crippen molar-refractivity contribution in [2.45, 2.75) is 37.7 Å². The number of hydrogen-bond acceptors (Lipinski definition) is 6. The summed E-state index contributed by atoms with van der Waals surface area (Å²) in [4.78, 5) is 11.9. The van der Waals surface area contributed by atoms with Crippen molar-refractivity contribution in [3.05, 3.63) is 42.7 Å². The van der Waals surface area contributed by atoms with E-state index in [1.165, 1.54) is 11.8 Å². The van der Waals surface area contributed by atoms with Crippen molar-refractivity contribution in [1.29, 1.82) is 0 Å². The predicted octanol–water partition coefficient (Wildman–Crippen LogP) is 2.59. The molecule has 7 nitrogen and oxygen atoms in total. The number of amides is 1. The zero-order valence-electron chi connectivity index (χ0n) is 14.8. The average Bonchev–Trinajstić information content (AvgIpc) is 3.02. The molecule has 0 fully saturated rings. The largest absolute Gasteiger partial charge is 0.485 e. The predicted molar refractivity (Wildman–Crippen MR) is 99.5 cm³/mol. The molecule has 2 aromatic rings. The number of allylic oxidation sites excluding steroid dienone is 1. The molecule has 1 aliphatic heterocycles. The van der Waals surface area contributed by atoms with Gasteiger partial charge in [0, 0.05) is 12.6 Å². The van der Waals surface area contributed by atoms with Crippen molar-refractivity contribution < 1.29 is 14.3 Å². The highest BCUT2D eigenvalue weighted by Crippen LogP contribution is 2.36. The summed E-state index contributed by atoms with van der Waals surface area (Å²) >= 11 is 1.34. The standard InChI is InChI=1S/C18H22N4O3S/c1-4-9-22-17(15-10-24-13-7-5-6-8-14(13)25-15)20-21-18(22)26-11-16(23)19-12(2)3/h4-8,12,15H,1,9-11H2,2-3H3,(H,19,23)/t15-/m1/s1. The Morgan fingerprint density at radius 3 is 2.92 bits per heavy atom. The van der Waals surface area contributed by atoms with Crippen LogP contribution in [0.3, 0.4) is 0 Å².